The quantitative estimate of drug-likeness (QED) is 0.761. The third-order valence-electron chi connectivity index (χ3n) is 4.64. The van der Waals surface area contributed by atoms with Gasteiger partial charge in [0.2, 0.25) is 0 Å². The lowest BCUT2D eigenvalue weighted by molar-refractivity contribution is 0.0929. The second kappa shape index (κ2) is 6.50. The van der Waals surface area contributed by atoms with Crippen LogP contribution < -0.4 is 5.32 Å². The van der Waals surface area contributed by atoms with Crippen LogP contribution in [0.4, 0.5) is 0 Å². The molecule has 1 aromatic carbocycles. The molecule has 0 aliphatic heterocycles. The summed E-state index contributed by atoms with van der Waals surface area (Å²) in [6.45, 7) is 1.82. The molecule has 0 saturated heterocycles. The summed E-state index contributed by atoms with van der Waals surface area (Å²) in [5.74, 6) is 0.402. The van der Waals surface area contributed by atoms with Crippen LogP contribution in [0.25, 0.3) is 11.4 Å². The number of benzene rings is 1. The summed E-state index contributed by atoms with van der Waals surface area (Å²) < 4.78 is 0. The van der Waals surface area contributed by atoms with E-state index in [-0.39, 0.29) is 11.4 Å². The fraction of sp³-hybridized carbons (Fsp3) is 0.200. The molecule has 2 heterocycles. The second-order valence-corrected chi connectivity index (χ2v) is 6.91. The Morgan fingerprint density at radius 2 is 1.92 bits per heavy atom. The monoisotopic (exact) mass is 364 g/mol. The number of nitrogens with zero attached hydrogens (tertiary/aromatic N) is 3. The van der Waals surface area contributed by atoms with E-state index in [2.05, 4.69) is 20.3 Å². The van der Waals surface area contributed by atoms with Crippen LogP contribution in [0.5, 0.6) is 0 Å². The van der Waals surface area contributed by atoms with Crippen LogP contribution in [0.3, 0.4) is 0 Å². The van der Waals surface area contributed by atoms with Gasteiger partial charge in [-0.3, -0.25) is 9.78 Å². The largest absolute Gasteiger partial charge is 0.342 e. The van der Waals surface area contributed by atoms with Gasteiger partial charge in [-0.05, 0) is 49.6 Å². The van der Waals surface area contributed by atoms with E-state index in [1.165, 1.54) is 0 Å². The maximum absolute atomic E-state index is 12.8. The Balaban J connectivity index is 1.56. The lowest BCUT2D eigenvalue weighted by atomic mass is 10.0. The summed E-state index contributed by atoms with van der Waals surface area (Å²) in [6.07, 6.45) is 6.80. The smallest absolute Gasteiger partial charge is 0.255 e. The van der Waals surface area contributed by atoms with E-state index in [4.69, 9.17) is 11.6 Å². The zero-order valence-corrected chi connectivity index (χ0v) is 15.0. The minimum Gasteiger partial charge on any atom is -0.342 e. The highest BCUT2D eigenvalue weighted by molar-refractivity contribution is 6.30. The molecule has 2 aromatic heterocycles. The minimum atomic E-state index is -0.309. The molecule has 1 aliphatic carbocycles. The zero-order valence-electron chi connectivity index (χ0n) is 14.2. The Morgan fingerprint density at radius 3 is 2.54 bits per heavy atom. The van der Waals surface area contributed by atoms with Gasteiger partial charge in [0.05, 0.1) is 16.8 Å². The highest BCUT2D eigenvalue weighted by atomic mass is 35.5. The van der Waals surface area contributed by atoms with E-state index in [1.54, 1.807) is 18.6 Å². The SMILES string of the molecule is Cc1nc(-c2cccnc2)ncc1C(=O)NC1(c2ccc(Cl)cc2)CC1. The highest BCUT2D eigenvalue weighted by Gasteiger charge is 2.45. The molecule has 0 radical (unpaired) electrons. The number of hydrogen-bond donors (Lipinski definition) is 1. The van der Waals surface area contributed by atoms with Gasteiger partial charge >= 0.3 is 0 Å². The summed E-state index contributed by atoms with van der Waals surface area (Å²) in [5.41, 5.74) is 2.71. The highest BCUT2D eigenvalue weighted by Crippen LogP contribution is 2.45. The summed E-state index contributed by atoms with van der Waals surface area (Å²) in [6, 6.07) is 11.3. The molecule has 1 amide bonds. The van der Waals surface area contributed by atoms with Gasteiger partial charge in [-0.15, -0.1) is 0 Å². The van der Waals surface area contributed by atoms with Gasteiger partial charge in [-0.25, -0.2) is 9.97 Å². The van der Waals surface area contributed by atoms with Gasteiger partial charge in [0.15, 0.2) is 5.82 Å². The van der Waals surface area contributed by atoms with Crippen LogP contribution in [-0.2, 0) is 5.54 Å². The van der Waals surface area contributed by atoms with Crippen molar-refractivity contribution in [1.82, 2.24) is 20.3 Å². The second-order valence-electron chi connectivity index (χ2n) is 6.48. The molecule has 26 heavy (non-hydrogen) atoms. The fourth-order valence-electron chi connectivity index (χ4n) is 2.99. The number of amides is 1. The average molecular weight is 365 g/mol. The molecular weight excluding hydrogens is 348 g/mol. The van der Waals surface area contributed by atoms with Crippen LogP contribution in [0.1, 0.15) is 34.5 Å². The molecule has 3 aromatic rings. The van der Waals surface area contributed by atoms with E-state index < -0.39 is 0 Å². The number of carbonyl (C=O) groups excluding carboxylic acids is 1. The van der Waals surface area contributed by atoms with E-state index in [0.717, 1.165) is 24.0 Å². The van der Waals surface area contributed by atoms with Crippen molar-refractivity contribution >= 4 is 17.5 Å². The number of pyridine rings is 1. The number of halogens is 1. The maximum atomic E-state index is 12.8. The summed E-state index contributed by atoms with van der Waals surface area (Å²) >= 11 is 5.96. The van der Waals surface area contributed by atoms with Crippen molar-refractivity contribution in [2.75, 3.05) is 0 Å². The number of rotatable bonds is 4. The van der Waals surface area contributed by atoms with Crippen LogP contribution >= 0.6 is 11.6 Å². The molecule has 0 atom stereocenters. The molecule has 6 heteroatoms. The Morgan fingerprint density at radius 1 is 1.15 bits per heavy atom. The first-order valence-corrected chi connectivity index (χ1v) is 8.78. The summed E-state index contributed by atoms with van der Waals surface area (Å²) in [4.78, 5) is 25.7. The lowest BCUT2D eigenvalue weighted by Gasteiger charge is -2.18. The van der Waals surface area contributed by atoms with E-state index in [9.17, 15) is 4.79 Å². The summed E-state index contributed by atoms with van der Waals surface area (Å²) in [7, 11) is 0. The molecule has 5 nitrogen and oxygen atoms in total. The van der Waals surface area contributed by atoms with Gasteiger partial charge < -0.3 is 5.32 Å². The first-order chi connectivity index (χ1) is 12.6. The predicted octanol–water partition coefficient (Wildman–Crippen LogP) is 3.92. The van der Waals surface area contributed by atoms with Crippen LogP contribution in [-0.4, -0.2) is 20.9 Å². The van der Waals surface area contributed by atoms with Gasteiger partial charge in [0.25, 0.3) is 5.91 Å². The van der Waals surface area contributed by atoms with Crippen molar-refractivity contribution in [1.29, 1.82) is 0 Å². The van der Waals surface area contributed by atoms with Crippen LogP contribution in [0.2, 0.25) is 5.02 Å². The maximum Gasteiger partial charge on any atom is 0.255 e. The fourth-order valence-corrected chi connectivity index (χ4v) is 3.11. The zero-order chi connectivity index (χ0) is 18.1. The van der Waals surface area contributed by atoms with Crippen molar-refractivity contribution in [3.8, 4) is 11.4 Å². The van der Waals surface area contributed by atoms with Gasteiger partial charge in [0, 0.05) is 29.2 Å². The third kappa shape index (κ3) is 3.18. The number of hydrogen-bond acceptors (Lipinski definition) is 4. The molecule has 0 bridgehead atoms. The molecule has 1 aliphatic rings. The van der Waals surface area contributed by atoms with Gasteiger partial charge in [-0.1, -0.05) is 23.7 Å². The summed E-state index contributed by atoms with van der Waals surface area (Å²) in [5, 5.41) is 3.83. The van der Waals surface area contributed by atoms with E-state index >= 15 is 0 Å². The predicted molar refractivity (Wildman–Crippen MR) is 99.8 cm³/mol. The van der Waals surface area contributed by atoms with Gasteiger partial charge in [-0.2, -0.15) is 0 Å². The third-order valence-corrected chi connectivity index (χ3v) is 4.90. The van der Waals surface area contributed by atoms with E-state index in [0.29, 0.717) is 22.1 Å². The number of aryl methyl sites for hydroxylation is 1. The molecule has 130 valence electrons. The average Bonchev–Trinajstić information content (AvgIpc) is 3.43. The molecule has 1 fully saturated rings. The first-order valence-electron chi connectivity index (χ1n) is 8.40. The van der Waals surface area contributed by atoms with Crippen molar-refractivity contribution < 1.29 is 4.79 Å². The first kappa shape index (κ1) is 16.7. The Kier molecular flexibility index (Phi) is 4.17. The van der Waals surface area contributed by atoms with Crippen LogP contribution in [0.15, 0.2) is 55.0 Å². The lowest BCUT2D eigenvalue weighted by Crippen LogP contribution is -2.35. The molecule has 1 saturated carbocycles. The number of carbonyl (C=O) groups is 1. The van der Waals surface area contributed by atoms with E-state index in [1.807, 2.05) is 43.3 Å². The van der Waals surface area contributed by atoms with Gasteiger partial charge in [0.1, 0.15) is 0 Å². The Bertz CT molecular complexity index is 953. The molecule has 0 unspecified atom stereocenters. The van der Waals surface area contributed by atoms with Crippen molar-refractivity contribution in [2.24, 2.45) is 0 Å². The Hall–Kier alpha value is -2.79. The normalized spacial score (nSPS) is 14.7. The molecule has 0 spiro atoms. The standard InChI is InChI=1S/C20H17ClN4O/c1-13-17(12-23-18(24-13)14-3-2-10-22-11-14)19(26)25-20(8-9-20)15-4-6-16(21)7-5-15/h2-7,10-12H,8-9H2,1H3,(H,25,26). The van der Waals surface area contributed by atoms with Crippen molar-refractivity contribution in [3.63, 3.8) is 0 Å². The molecule has 1 N–H and O–H groups in total. The number of nitrogens with one attached hydrogen (secondary N) is 1. The molecular formula is C20H17ClN4O. The number of aromatic nitrogens is 3. The Labute approximate surface area is 156 Å². The van der Waals surface area contributed by atoms with Crippen molar-refractivity contribution in [2.45, 2.75) is 25.3 Å². The van der Waals surface area contributed by atoms with Crippen LogP contribution in [0, 0.1) is 6.92 Å². The minimum absolute atomic E-state index is 0.160. The van der Waals surface area contributed by atoms with Crippen molar-refractivity contribution in [3.05, 3.63) is 76.8 Å². The molecule has 4 rings (SSSR count). The topological polar surface area (TPSA) is 67.8 Å².